The molecule has 19 heavy (non-hydrogen) atoms. The van der Waals surface area contributed by atoms with Crippen molar-refractivity contribution in [1.29, 1.82) is 5.26 Å². The Kier molecular flexibility index (Phi) is 5.24. The molecule has 1 saturated carbocycles. The van der Waals surface area contributed by atoms with E-state index in [1.165, 1.54) is 32.1 Å². The van der Waals surface area contributed by atoms with Gasteiger partial charge in [-0.2, -0.15) is 5.26 Å². The first-order valence-electron chi connectivity index (χ1n) is 7.12. The van der Waals surface area contributed by atoms with Crippen LogP contribution < -0.4 is 5.32 Å². The van der Waals surface area contributed by atoms with Gasteiger partial charge in [-0.1, -0.05) is 43.9 Å². The molecule has 1 aliphatic carbocycles. The lowest BCUT2D eigenvalue weighted by Gasteiger charge is -2.23. The van der Waals surface area contributed by atoms with Gasteiger partial charge in [0, 0.05) is 17.6 Å². The molecular weight excluding hydrogens is 256 g/mol. The van der Waals surface area contributed by atoms with Crippen LogP contribution in [-0.2, 0) is 6.54 Å². The molecule has 2 rings (SSSR count). The van der Waals surface area contributed by atoms with Crippen LogP contribution in [0.3, 0.4) is 0 Å². The molecule has 0 bridgehead atoms. The summed E-state index contributed by atoms with van der Waals surface area (Å²) < 4.78 is 0. The molecule has 0 aliphatic heterocycles. The number of benzene rings is 1. The van der Waals surface area contributed by atoms with Crippen LogP contribution in [0.25, 0.3) is 0 Å². The van der Waals surface area contributed by atoms with Gasteiger partial charge in [0.05, 0.1) is 11.6 Å². The van der Waals surface area contributed by atoms with Gasteiger partial charge in [-0.15, -0.1) is 0 Å². The molecule has 1 aromatic rings. The molecule has 2 atom stereocenters. The number of hydrogen-bond donors (Lipinski definition) is 1. The van der Waals surface area contributed by atoms with E-state index in [-0.39, 0.29) is 0 Å². The van der Waals surface area contributed by atoms with E-state index in [1.54, 1.807) is 6.07 Å². The Balaban J connectivity index is 1.96. The highest BCUT2D eigenvalue weighted by Crippen LogP contribution is 2.24. The lowest BCUT2D eigenvalue weighted by atomic mass is 9.97. The Labute approximate surface area is 120 Å². The fourth-order valence-electron chi connectivity index (χ4n) is 2.80. The van der Waals surface area contributed by atoms with Crippen molar-refractivity contribution in [3.8, 4) is 6.07 Å². The minimum atomic E-state index is 0.592. The summed E-state index contributed by atoms with van der Waals surface area (Å²) in [6.45, 7) is 3.13. The molecule has 2 unspecified atom stereocenters. The van der Waals surface area contributed by atoms with E-state index >= 15 is 0 Å². The standard InChI is InChI=1S/C16H21ClN2/c1-12-5-3-2-4-6-16(12)19-11-14-8-7-13(10-18)9-15(14)17/h7-9,12,16,19H,2-6,11H2,1H3. The van der Waals surface area contributed by atoms with Crippen molar-refractivity contribution in [2.45, 2.75) is 51.6 Å². The molecule has 0 amide bonds. The van der Waals surface area contributed by atoms with Crippen molar-refractivity contribution in [3.63, 3.8) is 0 Å². The normalized spacial score (nSPS) is 23.6. The molecule has 1 aromatic carbocycles. The van der Waals surface area contributed by atoms with Gasteiger partial charge < -0.3 is 5.32 Å². The Bertz CT molecular complexity index is 464. The third-order valence-electron chi connectivity index (χ3n) is 4.10. The Morgan fingerprint density at radius 2 is 2.11 bits per heavy atom. The van der Waals surface area contributed by atoms with Crippen LogP contribution in [0.15, 0.2) is 18.2 Å². The fraction of sp³-hybridized carbons (Fsp3) is 0.562. The molecule has 1 fully saturated rings. The number of hydrogen-bond acceptors (Lipinski definition) is 2. The van der Waals surface area contributed by atoms with Gasteiger partial charge in [-0.3, -0.25) is 0 Å². The predicted molar refractivity (Wildman–Crippen MR) is 79.0 cm³/mol. The highest BCUT2D eigenvalue weighted by Gasteiger charge is 2.19. The summed E-state index contributed by atoms with van der Waals surface area (Å²) in [5, 5.41) is 13.2. The maximum Gasteiger partial charge on any atom is 0.0992 e. The van der Waals surface area contributed by atoms with Crippen LogP contribution in [0, 0.1) is 17.2 Å². The maximum atomic E-state index is 8.83. The topological polar surface area (TPSA) is 35.8 Å². The zero-order valence-corrected chi connectivity index (χ0v) is 12.2. The van der Waals surface area contributed by atoms with Crippen molar-refractivity contribution in [3.05, 3.63) is 34.3 Å². The molecule has 1 N–H and O–H groups in total. The Morgan fingerprint density at radius 1 is 1.32 bits per heavy atom. The van der Waals surface area contributed by atoms with E-state index in [0.29, 0.717) is 16.6 Å². The Morgan fingerprint density at radius 3 is 2.84 bits per heavy atom. The summed E-state index contributed by atoms with van der Waals surface area (Å²) in [7, 11) is 0. The van der Waals surface area contributed by atoms with Crippen molar-refractivity contribution in [2.24, 2.45) is 5.92 Å². The SMILES string of the molecule is CC1CCCCCC1NCc1ccc(C#N)cc1Cl. The average molecular weight is 277 g/mol. The van der Waals surface area contributed by atoms with E-state index in [1.807, 2.05) is 12.1 Å². The second kappa shape index (κ2) is 6.93. The minimum Gasteiger partial charge on any atom is -0.310 e. The highest BCUT2D eigenvalue weighted by molar-refractivity contribution is 6.31. The van der Waals surface area contributed by atoms with Crippen LogP contribution in [0.5, 0.6) is 0 Å². The molecule has 0 heterocycles. The number of nitriles is 1. The van der Waals surface area contributed by atoms with E-state index in [0.717, 1.165) is 18.0 Å². The van der Waals surface area contributed by atoms with E-state index in [2.05, 4.69) is 18.3 Å². The number of halogens is 1. The zero-order valence-electron chi connectivity index (χ0n) is 11.5. The molecule has 2 nitrogen and oxygen atoms in total. The van der Waals surface area contributed by atoms with Gasteiger partial charge in [0.25, 0.3) is 0 Å². The number of nitrogens with one attached hydrogen (secondary N) is 1. The van der Waals surface area contributed by atoms with Crippen molar-refractivity contribution >= 4 is 11.6 Å². The first kappa shape index (κ1) is 14.4. The molecule has 1 aliphatic rings. The summed E-state index contributed by atoms with van der Waals surface area (Å²) in [4.78, 5) is 0. The average Bonchev–Trinajstić information content (AvgIpc) is 2.62. The summed E-state index contributed by atoms with van der Waals surface area (Å²) in [6.07, 6.45) is 6.62. The van der Waals surface area contributed by atoms with Crippen LogP contribution in [0.1, 0.15) is 50.2 Å². The monoisotopic (exact) mass is 276 g/mol. The van der Waals surface area contributed by atoms with Crippen LogP contribution >= 0.6 is 11.6 Å². The van der Waals surface area contributed by atoms with Crippen LogP contribution in [0.2, 0.25) is 5.02 Å². The second-order valence-corrected chi connectivity index (χ2v) is 5.93. The van der Waals surface area contributed by atoms with E-state index in [4.69, 9.17) is 16.9 Å². The molecule has 0 spiro atoms. The van der Waals surface area contributed by atoms with Crippen molar-refractivity contribution in [1.82, 2.24) is 5.32 Å². The third-order valence-corrected chi connectivity index (χ3v) is 4.45. The summed E-state index contributed by atoms with van der Waals surface area (Å²) >= 11 is 6.20. The van der Waals surface area contributed by atoms with Gasteiger partial charge in [-0.25, -0.2) is 0 Å². The second-order valence-electron chi connectivity index (χ2n) is 5.52. The molecule has 0 aromatic heterocycles. The lowest BCUT2D eigenvalue weighted by molar-refractivity contribution is 0.356. The number of nitrogens with zero attached hydrogens (tertiary/aromatic N) is 1. The molecular formula is C16H21ClN2. The largest absolute Gasteiger partial charge is 0.310 e. The van der Waals surface area contributed by atoms with Gasteiger partial charge in [0.15, 0.2) is 0 Å². The number of rotatable bonds is 3. The van der Waals surface area contributed by atoms with E-state index in [9.17, 15) is 0 Å². The van der Waals surface area contributed by atoms with Gasteiger partial charge in [-0.05, 0) is 36.5 Å². The van der Waals surface area contributed by atoms with Gasteiger partial charge in [0.1, 0.15) is 0 Å². The van der Waals surface area contributed by atoms with Crippen molar-refractivity contribution in [2.75, 3.05) is 0 Å². The third kappa shape index (κ3) is 3.96. The van der Waals surface area contributed by atoms with Gasteiger partial charge in [0.2, 0.25) is 0 Å². The first-order chi connectivity index (χ1) is 9.20. The Hall–Kier alpha value is -1.04. The maximum absolute atomic E-state index is 8.83. The molecule has 3 heteroatoms. The summed E-state index contributed by atoms with van der Waals surface area (Å²) in [6, 6.07) is 8.23. The summed E-state index contributed by atoms with van der Waals surface area (Å²) in [5.41, 5.74) is 1.70. The molecule has 0 radical (unpaired) electrons. The molecule has 102 valence electrons. The predicted octanol–water partition coefficient (Wildman–Crippen LogP) is 4.27. The summed E-state index contributed by atoms with van der Waals surface area (Å²) in [5.74, 6) is 0.736. The highest BCUT2D eigenvalue weighted by atomic mass is 35.5. The first-order valence-corrected chi connectivity index (χ1v) is 7.50. The van der Waals surface area contributed by atoms with Crippen LogP contribution in [0.4, 0.5) is 0 Å². The zero-order chi connectivity index (χ0) is 13.7. The lowest BCUT2D eigenvalue weighted by Crippen LogP contribution is -2.33. The van der Waals surface area contributed by atoms with E-state index < -0.39 is 0 Å². The molecule has 0 saturated heterocycles. The van der Waals surface area contributed by atoms with Crippen molar-refractivity contribution < 1.29 is 0 Å². The quantitative estimate of drug-likeness (QED) is 0.837. The van der Waals surface area contributed by atoms with Crippen LogP contribution in [-0.4, -0.2) is 6.04 Å². The fourth-order valence-corrected chi connectivity index (χ4v) is 3.04. The van der Waals surface area contributed by atoms with Gasteiger partial charge >= 0.3 is 0 Å². The smallest absolute Gasteiger partial charge is 0.0992 e. The minimum absolute atomic E-state index is 0.592.